The van der Waals surface area contributed by atoms with E-state index in [1.54, 1.807) is 41.8 Å². The molecule has 11 N–H and O–H groups in total. The first kappa shape index (κ1) is 56.5. The van der Waals surface area contributed by atoms with Crippen molar-refractivity contribution in [3.63, 3.8) is 0 Å². The van der Waals surface area contributed by atoms with Crippen LogP contribution in [0.2, 0.25) is 0 Å². The molecule has 9 atom stereocenters. The second-order valence-corrected chi connectivity index (χ2v) is 20.6. The lowest BCUT2D eigenvalue weighted by molar-refractivity contribution is -0.144. The average molecular weight is 974 g/mol. The summed E-state index contributed by atoms with van der Waals surface area (Å²) in [6, 6.07) is 5.76. The minimum Gasteiger partial charge on any atom is -0.399 e. The van der Waals surface area contributed by atoms with Crippen molar-refractivity contribution < 1.29 is 38.4 Å². The van der Waals surface area contributed by atoms with Crippen molar-refractivity contribution in [1.82, 2.24) is 52.8 Å². The molecule has 0 radical (unpaired) electrons. The molecule has 0 spiro atoms. The summed E-state index contributed by atoms with van der Waals surface area (Å²) in [4.78, 5) is 111. The number of likely N-dealkylation sites (N-methyl/N-ethyl adjacent to an activating group) is 2. The summed E-state index contributed by atoms with van der Waals surface area (Å²) in [6.07, 6.45) is 2.56. The Morgan fingerprint density at radius 3 is 1.94 bits per heavy atom. The molecule has 2 aromatic carbocycles. The smallest absolute Gasteiger partial charge is 0.251 e. The van der Waals surface area contributed by atoms with Crippen molar-refractivity contribution in [2.45, 2.75) is 156 Å². The molecule has 386 valence electrons. The van der Waals surface area contributed by atoms with E-state index in [1.165, 1.54) is 23.1 Å². The van der Waals surface area contributed by atoms with Gasteiger partial charge in [0.1, 0.15) is 24.2 Å². The molecule has 1 aliphatic heterocycles. The quantitative estimate of drug-likeness (QED) is 0.0807. The van der Waals surface area contributed by atoms with E-state index in [1.807, 2.05) is 65.8 Å². The third-order valence-corrected chi connectivity index (χ3v) is 13.4. The van der Waals surface area contributed by atoms with Gasteiger partial charge in [-0.25, -0.2) is 0 Å². The van der Waals surface area contributed by atoms with Crippen LogP contribution in [-0.2, 0) is 35.2 Å². The largest absolute Gasteiger partial charge is 0.399 e. The van der Waals surface area contributed by atoms with Gasteiger partial charge in [-0.2, -0.15) is 0 Å². The Morgan fingerprint density at radius 2 is 1.34 bits per heavy atom. The number of aryl methyl sites for hydroxylation is 1. The summed E-state index contributed by atoms with van der Waals surface area (Å²) in [5.74, 6) is -4.04. The molecule has 1 saturated heterocycles. The predicted molar refractivity (Wildman–Crippen MR) is 269 cm³/mol. The van der Waals surface area contributed by atoms with E-state index in [9.17, 15) is 38.4 Å². The van der Waals surface area contributed by atoms with Gasteiger partial charge in [-0.1, -0.05) is 72.7 Å². The number of amides is 8. The van der Waals surface area contributed by atoms with Gasteiger partial charge in [-0.3, -0.25) is 38.4 Å². The number of likely N-dealkylation sites (tertiary alicyclic amines) is 1. The van der Waals surface area contributed by atoms with Crippen LogP contribution in [0.1, 0.15) is 133 Å². The molecule has 0 unspecified atom stereocenters. The zero-order valence-electron chi connectivity index (χ0n) is 43.1. The Morgan fingerprint density at radius 1 is 0.729 bits per heavy atom. The lowest BCUT2D eigenvalue weighted by Gasteiger charge is -2.36. The van der Waals surface area contributed by atoms with Crippen molar-refractivity contribution in [2.75, 3.05) is 32.9 Å². The first-order valence-electron chi connectivity index (χ1n) is 24.6. The maximum atomic E-state index is 14.6. The molecule has 1 heterocycles. The van der Waals surface area contributed by atoms with Gasteiger partial charge in [0.2, 0.25) is 35.4 Å². The molecular weight excluding hydrogens is 895 g/mol. The highest BCUT2D eigenvalue weighted by Crippen LogP contribution is 2.31. The third-order valence-electron chi connectivity index (χ3n) is 13.4. The molecule has 2 aromatic rings. The molecule has 19 heteroatoms. The number of hydrogen-bond acceptors (Lipinski definition) is 11. The Hall–Kier alpha value is -6.08. The number of nitrogens with two attached hydrogens (primary N) is 1. The van der Waals surface area contributed by atoms with E-state index in [0.29, 0.717) is 0 Å². The summed E-state index contributed by atoms with van der Waals surface area (Å²) < 4.78 is 0. The fourth-order valence-corrected chi connectivity index (χ4v) is 8.40. The van der Waals surface area contributed by atoms with Crippen molar-refractivity contribution in [3.8, 4) is 0 Å². The van der Waals surface area contributed by atoms with Gasteiger partial charge in [0, 0.05) is 42.0 Å². The Labute approximate surface area is 413 Å². The van der Waals surface area contributed by atoms with E-state index in [-0.39, 0.29) is 84.4 Å². The predicted octanol–water partition coefficient (Wildman–Crippen LogP) is 1.81. The molecule has 0 aromatic heterocycles. The highest BCUT2D eigenvalue weighted by Gasteiger charge is 2.46. The molecular formula is C51H79N11O8. The van der Waals surface area contributed by atoms with Crippen LogP contribution in [0.3, 0.4) is 0 Å². The van der Waals surface area contributed by atoms with Crippen LogP contribution in [0, 0.1) is 17.3 Å². The average Bonchev–Trinajstić information content (AvgIpc) is 3.74. The highest BCUT2D eigenvalue weighted by molar-refractivity contribution is 6.01. The molecule has 1 aliphatic carbocycles. The van der Waals surface area contributed by atoms with Gasteiger partial charge in [0.05, 0.1) is 18.1 Å². The van der Waals surface area contributed by atoms with Crippen molar-refractivity contribution in [2.24, 2.45) is 17.3 Å². The minimum atomic E-state index is -1.08. The first-order valence-corrected chi connectivity index (χ1v) is 24.6. The van der Waals surface area contributed by atoms with Gasteiger partial charge in [-0.15, -0.1) is 0 Å². The molecule has 19 nitrogen and oxygen atoms in total. The van der Waals surface area contributed by atoms with Crippen LogP contribution in [0.4, 0.5) is 5.69 Å². The molecule has 1 fully saturated rings. The lowest BCUT2D eigenvalue weighted by Crippen LogP contribution is -2.59. The number of fused-ring (bicyclic) bond motifs is 1. The Balaban J connectivity index is 1.53. The van der Waals surface area contributed by atoms with E-state index in [2.05, 4.69) is 47.9 Å². The first-order chi connectivity index (χ1) is 32.9. The Kier molecular flexibility index (Phi) is 20.3. The van der Waals surface area contributed by atoms with E-state index in [0.717, 1.165) is 30.4 Å². The SMILES string of the molecule is CN[C@@H](C)C(=O)N[C@H](C(=O)N[C@@H](CCNC(=O)c1cc(N)cc(C(=O)N[C@H]2C[C@@H](C(=O)N[C@@H]3CCCc4ccccc43)N(C(=O)[C@@H](NC(=O)[C@H](C)NC)C(C)(C)C)C2)c1)C(=O)N[C@H](C)C(C)C)C(C)C. The number of nitrogens with one attached hydrogen (secondary N) is 9. The van der Waals surface area contributed by atoms with Crippen molar-refractivity contribution in [3.05, 3.63) is 64.7 Å². The van der Waals surface area contributed by atoms with Crippen LogP contribution in [0.25, 0.3) is 0 Å². The normalized spacial score (nSPS) is 19.3. The van der Waals surface area contributed by atoms with Crippen molar-refractivity contribution in [1.29, 1.82) is 0 Å². The Bertz CT molecular complexity index is 2210. The molecule has 0 bridgehead atoms. The van der Waals surface area contributed by atoms with Crippen LogP contribution in [0.15, 0.2) is 42.5 Å². The zero-order valence-corrected chi connectivity index (χ0v) is 43.1. The zero-order chi connectivity index (χ0) is 52.2. The summed E-state index contributed by atoms with van der Waals surface area (Å²) in [5, 5.41) is 26.0. The number of nitrogen functional groups attached to an aromatic ring is 1. The number of carbonyl (C=O) groups excluding carboxylic acids is 8. The number of nitrogens with zero attached hydrogens (tertiary/aromatic N) is 1. The van der Waals surface area contributed by atoms with E-state index < -0.39 is 77.2 Å². The van der Waals surface area contributed by atoms with Crippen LogP contribution < -0.4 is 53.6 Å². The van der Waals surface area contributed by atoms with Gasteiger partial charge in [0.25, 0.3) is 11.8 Å². The number of rotatable bonds is 21. The van der Waals surface area contributed by atoms with Gasteiger partial charge in [-0.05, 0) is 114 Å². The van der Waals surface area contributed by atoms with E-state index in [4.69, 9.17) is 5.73 Å². The van der Waals surface area contributed by atoms with Crippen LogP contribution in [0.5, 0.6) is 0 Å². The molecule has 4 rings (SSSR count). The van der Waals surface area contributed by atoms with Crippen molar-refractivity contribution >= 4 is 52.9 Å². The van der Waals surface area contributed by atoms with Gasteiger partial charge >= 0.3 is 0 Å². The number of carbonyl (C=O) groups is 8. The number of anilines is 1. The summed E-state index contributed by atoms with van der Waals surface area (Å²) in [6.45, 7) is 18.0. The highest BCUT2D eigenvalue weighted by atomic mass is 16.2. The van der Waals surface area contributed by atoms with Crippen LogP contribution in [-0.4, -0.2) is 128 Å². The summed E-state index contributed by atoms with van der Waals surface area (Å²) in [7, 11) is 3.27. The maximum Gasteiger partial charge on any atom is 0.251 e. The molecule has 8 amide bonds. The van der Waals surface area contributed by atoms with Crippen LogP contribution >= 0.6 is 0 Å². The number of hydrogen-bond donors (Lipinski definition) is 10. The maximum absolute atomic E-state index is 14.6. The summed E-state index contributed by atoms with van der Waals surface area (Å²) in [5.41, 5.74) is 7.90. The molecule has 2 aliphatic rings. The fraction of sp³-hybridized carbons (Fsp3) is 0.608. The lowest BCUT2D eigenvalue weighted by atomic mass is 9.85. The van der Waals surface area contributed by atoms with Gasteiger partial charge in [0.15, 0.2) is 0 Å². The standard InChI is InChI=1S/C51H79N11O8/c1-27(2)29(5)56-47(67)39(59-49(69)41(28(3)4)60-43(63)30(6)53-11)20-21-55-45(65)33-22-34(24-35(52)23-33)46(66)57-36-25-40(48(68)58-38-19-15-17-32-16-13-14-18-37(32)38)62(26-36)50(70)42(51(8,9)10)61-44(64)31(7)54-12/h13-14,16,18,22-24,27-31,36,38-42,53-54H,15,17,19-21,25-26,52H2,1-12H3,(H,55,65)(H,56,67)(H,57,66)(H,58,68)(H,59,69)(H,60,63)(H,61,64)/t29-,30+,31+,36+,38-,39+,40+,41+,42-/m1/s1. The molecule has 70 heavy (non-hydrogen) atoms. The third kappa shape index (κ3) is 15.2. The fourth-order valence-electron chi connectivity index (χ4n) is 8.40. The van der Waals surface area contributed by atoms with Gasteiger partial charge < -0.3 is 58.5 Å². The topological polar surface area (TPSA) is 274 Å². The number of benzene rings is 2. The summed E-state index contributed by atoms with van der Waals surface area (Å²) >= 11 is 0. The molecule has 0 saturated carbocycles. The second-order valence-electron chi connectivity index (χ2n) is 20.6. The second kappa shape index (κ2) is 25.2. The minimum absolute atomic E-state index is 0.0113. The monoisotopic (exact) mass is 974 g/mol. The van der Waals surface area contributed by atoms with E-state index >= 15 is 0 Å².